The maximum atomic E-state index is 15.0. The van der Waals surface area contributed by atoms with E-state index in [1.54, 1.807) is 6.07 Å². The van der Waals surface area contributed by atoms with Gasteiger partial charge in [-0.25, -0.2) is 4.39 Å². The molecule has 188 valence electrons. The molecule has 0 radical (unpaired) electrons. The number of fused-ring (bicyclic) bond motifs is 4. The molecule has 2 aliphatic rings. The maximum absolute atomic E-state index is 15.0. The highest BCUT2D eigenvalue weighted by Crippen LogP contribution is 2.47. The molecule has 6 rings (SSSR count). The van der Waals surface area contributed by atoms with Crippen molar-refractivity contribution in [1.82, 2.24) is 0 Å². The second kappa shape index (κ2) is 9.24. The summed E-state index contributed by atoms with van der Waals surface area (Å²) in [5, 5.41) is 24.4. The van der Waals surface area contributed by atoms with Gasteiger partial charge in [0.05, 0.1) is 0 Å². The topological polar surface area (TPSA) is 40.5 Å². The van der Waals surface area contributed by atoms with Gasteiger partial charge in [-0.3, -0.25) is 0 Å². The zero-order valence-electron chi connectivity index (χ0n) is 21.3. The van der Waals surface area contributed by atoms with Gasteiger partial charge in [0, 0.05) is 0 Å². The highest BCUT2D eigenvalue weighted by Gasteiger charge is 2.41. The lowest BCUT2D eigenvalue weighted by Gasteiger charge is -2.33. The van der Waals surface area contributed by atoms with E-state index >= 15 is 4.39 Å². The minimum atomic E-state index is -1.29. The van der Waals surface area contributed by atoms with Crippen LogP contribution in [0.15, 0.2) is 91.0 Å². The summed E-state index contributed by atoms with van der Waals surface area (Å²) < 4.78 is 15.0. The highest BCUT2D eigenvalue weighted by molar-refractivity contribution is 5.50. The van der Waals surface area contributed by atoms with Crippen LogP contribution in [0.1, 0.15) is 76.6 Å². The van der Waals surface area contributed by atoms with Crippen LogP contribution in [0, 0.1) is 5.82 Å². The number of rotatable bonds is 4. The molecule has 4 aromatic rings. The van der Waals surface area contributed by atoms with Gasteiger partial charge >= 0.3 is 0 Å². The van der Waals surface area contributed by atoms with E-state index in [4.69, 9.17) is 0 Å². The third-order valence-electron chi connectivity index (χ3n) is 8.81. The summed E-state index contributed by atoms with van der Waals surface area (Å²) in [5.74, 6) is -0.139. The third kappa shape index (κ3) is 3.84. The van der Waals surface area contributed by atoms with Gasteiger partial charge in [0.2, 0.25) is 0 Å². The molecule has 0 fully saturated rings. The molecule has 0 aromatic heterocycles. The Morgan fingerprint density at radius 3 is 2.08 bits per heavy atom. The van der Waals surface area contributed by atoms with Crippen LogP contribution in [0.5, 0.6) is 0 Å². The Labute approximate surface area is 218 Å². The first kappa shape index (κ1) is 24.1. The number of aliphatic hydroxyl groups is 2. The summed E-state index contributed by atoms with van der Waals surface area (Å²) in [6, 6.07) is 29.6. The number of halogens is 1. The van der Waals surface area contributed by atoms with Crippen molar-refractivity contribution < 1.29 is 14.6 Å². The Balaban J connectivity index is 1.46. The first-order valence-electron chi connectivity index (χ1n) is 13.4. The molecule has 4 aromatic carbocycles. The molecule has 3 unspecified atom stereocenters. The fraction of sp³-hybridized carbons (Fsp3) is 0.294. The van der Waals surface area contributed by atoms with Crippen LogP contribution < -0.4 is 0 Å². The first-order valence-corrected chi connectivity index (χ1v) is 13.4. The van der Waals surface area contributed by atoms with Crippen LogP contribution in [0.4, 0.5) is 4.39 Å². The Hall–Kier alpha value is -3.27. The van der Waals surface area contributed by atoms with Crippen molar-refractivity contribution in [3.8, 4) is 0 Å². The summed E-state index contributed by atoms with van der Waals surface area (Å²) in [5.41, 5.74) is 5.12. The van der Waals surface area contributed by atoms with E-state index < -0.39 is 11.2 Å². The largest absolute Gasteiger partial charge is 0.380 e. The normalized spacial score (nSPS) is 24.2. The highest BCUT2D eigenvalue weighted by atomic mass is 19.1. The van der Waals surface area contributed by atoms with Gasteiger partial charge in [0.1, 0.15) is 17.0 Å². The van der Waals surface area contributed by atoms with Crippen molar-refractivity contribution in [2.75, 3.05) is 0 Å². The zero-order chi connectivity index (χ0) is 25.6. The van der Waals surface area contributed by atoms with E-state index in [1.165, 1.54) is 6.07 Å². The van der Waals surface area contributed by atoms with E-state index in [2.05, 4.69) is 18.2 Å². The predicted molar refractivity (Wildman–Crippen MR) is 145 cm³/mol. The maximum Gasteiger partial charge on any atom is 0.126 e. The lowest BCUT2D eigenvalue weighted by atomic mass is 9.76. The number of hydrogen-bond donors (Lipinski definition) is 2. The van der Waals surface area contributed by atoms with E-state index in [-0.39, 0.29) is 11.7 Å². The molecule has 0 spiro atoms. The SMILES string of the molecule is CCC1(O)c2ccccc2CC(CCC2(O)c3ccccc3CCc3c(F)cccc32)c2ccccc21. The Bertz CT molecular complexity index is 1460. The van der Waals surface area contributed by atoms with Crippen molar-refractivity contribution >= 4 is 0 Å². The van der Waals surface area contributed by atoms with Gasteiger partial charge in [-0.15, -0.1) is 0 Å². The van der Waals surface area contributed by atoms with Crippen molar-refractivity contribution in [2.45, 2.75) is 62.6 Å². The minimum Gasteiger partial charge on any atom is -0.380 e. The van der Waals surface area contributed by atoms with Crippen LogP contribution in [0.25, 0.3) is 0 Å². The van der Waals surface area contributed by atoms with E-state index in [1.807, 2.05) is 67.6 Å². The van der Waals surface area contributed by atoms with E-state index in [0.717, 1.165) is 39.8 Å². The fourth-order valence-electron chi connectivity index (χ4n) is 6.89. The van der Waals surface area contributed by atoms with Gasteiger partial charge in [-0.1, -0.05) is 91.9 Å². The van der Waals surface area contributed by atoms with Crippen molar-refractivity contribution in [1.29, 1.82) is 0 Å². The predicted octanol–water partition coefficient (Wildman–Crippen LogP) is 6.93. The second-order valence-corrected chi connectivity index (χ2v) is 10.7. The molecular formula is C34H33FO2. The molecule has 0 saturated carbocycles. The number of benzene rings is 4. The minimum absolute atomic E-state index is 0.106. The van der Waals surface area contributed by atoms with E-state index in [9.17, 15) is 10.2 Å². The van der Waals surface area contributed by atoms with Crippen molar-refractivity contribution in [3.63, 3.8) is 0 Å². The lowest BCUT2D eigenvalue weighted by molar-refractivity contribution is 0.0651. The smallest absolute Gasteiger partial charge is 0.126 e. The molecule has 37 heavy (non-hydrogen) atoms. The van der Waals surface area contributed by atoms with Gasteiger partial charge in [-0.2, -0.15) is 0 Å². The molecule has 0 aliphatic heterocycles. The van der Waals surface area contributed by atoms with Crippen LogP contribution >= 0.6 is 0 Å². The third-order valence-corrected chi connectivity index (χ3v) is 8.81. The monoisotopic (exact) mass is 492 g/mol. The fourth-order valence-corrected chi connectivity index (χ4v) is 6.89. The molecule has 3 atom stereocenters. The second-order valence-electron chi connectivity index (χ2n) is 10.7. The summed E-state index contributed by atoms with van der Waals surface area (Å²) >= 11 is 0. The van der Waals surface area contributed by atoms with Crippen LogP contribution in [-0.4, -0.2) is 10.2 Å². The van der Waals surface area contributed by atoms with Crippen molar-refractivity contribution in [3.05, 3.63) is 141 Å². The standard InChI is InChI=1S/C34H33FO2/c1-2-33(36)29-14-7-4-11-25(29)22-24(26-12-5-8-15-30(26)33)20-21-34(37)28-13-6-3-10-23(28)18-19-27-31(34)16-9-17-32(27)35/h3-17,24,36-37H,2,18-22H2,1H3. The van der Waals surface area contributed by atoms with Crippen LogP contribution in [-0.2, 0) is 30.5 Å². The summed E-state index contributed by atoms with van der Waals surface area (Å²) in [6.07, 6.45) is 3.80. The van der Waals surface area contributed by atoms with Crippen LogP contribution in [0.3, 0.4) is 0 Å². The average Bonchev–Trinajstić information content (AvgIpc) is 3.13. The van der Waals surface area contributed by atoms with Crippen molar-refractivity contribution in [2.24, 2.45) is 0 Å². The quantitative estimate of drug-likeness (QED) is 0.324. The molecule has 0 bridgehead atoms. The van der Waals surface area contributed by atoms with Gasteiger partial charge in [0.25, 0.3) is 0 Å². The summed E-state index contributed by atoms with van der Waals surface area (Å²) in [6.45, 7) is 2.03. The van der Waals surface area contributed by atoms with E-state index in [0.29, 0.717) is 43.2 Å². The van der Waals surface area contributed by atoms with Gasteiger partial charge in [-0.05, 0) is 95.0 Å². The molecule has 2 aliphatic carbocycles. The Kier molecular flexibility index (Phi) is 6.01. The average molecular weight is 493 g/mol. The molecule has 2 nitrogen and oxygen atoms in total. The molecular weight excluding hydrogens is 459 g/mol. The Morgan fingerprint density at radius 2 is 1.32 bits per heavy atom. The molecule has 2 N–H and O–H groups in total. The molecule has 0 heterocycles. The van der Waals surface area contributed by atoms with Gasteiger partial charge < -0.3 is 10.2 Å². The van der Waals surface area contributed by atoms with Crippen LogP contribution in [0.2, 0.25) is 0 Å². The first-order chi connectivity index (χ1) is 18.0. The summed E-state index contributed by atoms with van der Waals surface area (Å²) in [4.78, 5) is 0. The zero-order valence-corrected chi connectivity index (χ0v) is 21.3. The summed E-state index contributed by atoms with van der Waals surface area (Å²) in [7, 11) is 0. The van der Waals surface area contributed by atoms with Gasteiger partial charge in [0.15, 0.2) is 0 Å². The Morgan fingerprint density at radius 1 is 0.703 bits per heavy atom. The lowest BCUT2D eigenvalue weighted by Crippen LogP contribution is -2.30. The molecule has 0 amide bonds. The number of hydrogen-bond acceptors (Lipinski definition) is 2. The molecule has 0 saturated heterocycles. The molecule has 3 heteroatoms. The number of aryl methyl sites for hydroxylation is 1.